The number of anilines is 2. The summed E-state index contributed by atoms with van der Waals surface area (Å²) >= 11 is 7.64. The fourth-order valence-corrected chi connectivity index (χ4v) is 2.49. The summed E-state index contributed by atoms with van der Waals surface area (Å²) in [5.74, 6) is 0.896. The highest BCUT2D eigenvalue weighted by molar-refractivity contribution is 7.98. The number of nitrogen functional groups attached to an aromatic ring is 1. The summed E-state index contributed by atoms with van der Waals surface area (Å²) in [6.45, 7) is 2.42. The number of likely N-dealkylation sites (N-methyl/N-ethyl adjacent to an activating group) is 1. The smallest absolute Gasteiger partial charge is 0.238 e. The Hall–Kier alpha value is -0.910. The molecule has 0 aliphatic carbocycles. The quantitative estimate of drug-likeness (QED) is 0.793. The van der Waals surface area contributed by atoms with Crippen LogP contribution in [0.15, 0.2) is 18.2 Å². The van der Waals surface area contributed by atoms with Crippen LogP contribution in [0.1, 0.15) is 6.92 Å². The van der Waals surface area contributed by atoms with E-state index in [9.17, 15) is 4.79 Å². The Labute approximate surface area is 123 Å². The molecule has 1 amide bonds. The lowest BCUT2D eigenvalue weighted by atomic mass is 10.2. The molecule has 0 aromatic heterocycles. The van der Waals surface area contributed by atoms with Crippen molar-refractivity contribution < 1.29 is 4.79 Å². The number of nitrogens with two attached hydrogens (primary N) is 1. The number of carbonyl (C=O) groups is 1. The van der Waals surface area contributed by atoms with Crippen LogP contribution in [0.5, 0.6) is 0 Å². The van der Waals surface area contributed by atoms with Gasteiger partial charge in [-0.05, 0) is 38.4 Å². The summed E-state index contributed by atoms with van der Waals surface area (Å²) in [5.41, 5.74) is 6.86. The second-order valence-electron chi connectivity index (χ2n) is 4.50. The van der Waals surface area contributed by atoms with Crippen LogP contribution in [0.3, 0.4) is 0 Å². The van der Waals surface area contributed by atoms with Crippen molar-refractivity contribution >= 4 is 40.6 Å². The van der Waals surface area contributed by atoms with E-state index in [0.717, 1.165) is 5.75 Å². The van der Waals surface area contributed by atoms with E-state index < -0.39 is 0 Å². The first-order chi connectivity index (χ1) is 8.93. The van der Waals surface area contributed by atoms with E-state index in [1.807, 2.05) is 11.9 Å². The molecule has 0 aliphatic rings. The van der Waals surface area contributed by atoms with E-state index in [-0.39, 0.29) is 5.91 Å². The van der Waals surface area contributed by atoms with Crippen molar-refractivity contribution in [2.75, 3.05) is 36.7 Å². The molecular formula is C13H20ClN3OS. The van der Waals surface area contributed by atoms with Gasteiger partial charge in [-0.25, -0.2) is 0 Å². The van der Waals surface area contributed by atoms with Crippen LogP contribution in [0.2, 0.25) is 5.02 Å². The van der Waals surface area contributed by atoms with Crippen LogP contribution in [-0.2, 0) is 4.79 Å². The fourth-order valence-electron chi connectivity index (χ4n) is 1.58. The lowest BCUT2D eigenvalue weighted by molar-refractivity contribution is -0.117. The standard InChI is InChI=1S/C13H20ClN3OS/c1-9(8-19-3)17(2)7-13(18)16-12-6-10(14)4-5-11(12)15/h4-6,9H,7-8,15H2,1-3H3,(H,16,18). The Balaban J connectivity index is 2.57. The lowest BCUT2D eigenvalue weighted by Crippen LogP contribution is -2.37. The van der Waals surface area contributed by atoms with Gasteiger partial charge in [0.15, 0.2) is 0 Å². The molecule has 1 rings (SSSR count). The molecule has 1 aromatic carbocycles. The maximum absolute atomic E-state index is 11.9. The average molecular weight is 302 g/mol. The predicted molar refractivity (Wildman–Crippen MR) is 85.0 cm³/mol. The molecule has 3 N–H and O–H groups in total. The number of nitrogens with zero attached hydrogens (tertiary/aromatic N) is 1. The van der Waals surface area contributed by atoms with Gasteiger partial charge in [-0.3, -0.25) is 9.69 Å². The first-order valence-electron chi connectivity index (χ1n) is 5.98. The van der Waals surface area contributed by atoms with Crippen LogP contribution in [0.25, 0.3) is 0 Å². The van der Waals surface area contributed by atoms with E-state index in [4.69, 9.17) is 17.3 Å². The molecular weight excluding hydrogens is 282 g/mol. The third-order valence-corrected chi connectivity index (χ3v) is 3.89. The summed E-state index contributed by atoms with van der Waals surface area (Å²) in [5, 5.41) is 3.33. The number of halogens is 1. The number of hydrogen-bond donors (Lipinski definition) is 2. The zero-order valence-corrected chi connectivity index (χ0v) is 13.0. The molecule has 0 radical (unpaired) electrons. The number of benzene rings is 1. The second-order valence-corrected chi connectivity index (χ2v) is 5.85. The maximum Gasteiger partial charge on any atom is 0.238 e. The minimum Gasteiger partial charge on any atom is -0.397 e. The summed E-state index contributed by atoms with van der Waals surface area (Å²) < 4.78 is 0. The maximum atomic E-state index is 11.9. The van der Waals surface area contributed by atoms with Gasteiger partial charge in [0.25, 0.3) is 0 Å². The number of carbonyl (C=O) groups excluding carboxylic acids is 1. The van der Waals surface area contributed by atoms with Crippen molar-refractivity contribution in [2.24, 2.45) is 0 Å². The number of rotatable bonds is 6. The highest BCUT2D eigenvalue weighted by Crippen LogP contribution is 2.22. The van der Waals surface area contributed by atoms with Crippen LogP contribution in [0.4, 0.5) is 11.4 Å². The molecule has 4 nitrogen and oxygen atoms in total. The number of hydrogen-bond acceptors (Lipinski definition) is 4. The zero-order chi connectivity index (χ0) is 14.4. The van der Waals surface area contributed by atoms with Crippen molar-refractivity contribution in [3.05, 3.63) is 23.2 Å². The Morgan fingerprint density at radius 3 is 2.89 bits per heavy atom. The van der Waals surface area contributed by atoms with Gasteiger partial charge in [0.1, 0.15) is 0 Å². The third kappa shape index (κ3) is 5.30. The monoisotopic (exact) mass is 301 g/mol. The first kappa shape index (κ1) is 16.1. The molecule has 0 saturated heterocycles. The van der Waals surface area contributed by atoms with Crippen molar-refractivity contribution in [2.45, 2.75) is 13.0 Å². The molecule has 0 saturated carbocycles. The summed E-state index contributed by atoms with van der Waals surface area (Å²) in [6, 6.07) is 5.37. The van der Waals surface area contributed by atoms with Crippen LogP contribution in [0, 0.1) is 0 Å². The lowest BCUT2D eigenvalue weighted by Gasteiger charge is -2.23. The van der Waals surface area contributed by atoms with Gasteiger partial charge in [-0.1, -0.05) is 11.6 Å². The SMILES string of the molecule is CSCC(C)N(C)CC(=O)Nc1cc(Cl)ccc1N. The Kier molecular flexibility index (Phi) is 6.48. The Morgan fingerprint density at radius 2 is 2.26 bits per heavy atom. The Bertz CT molecular complexity index is 442. The first-order valence-corrected chi connectivity index (χ1v) is 7.75. The molecule has 1 unspecified atom stereocenters. The van der Waals surface area contributed by atoms with Gasteiger partial charge in [0.05, 0.1) is 17.9 Å². The van der Waals surface area contributed by atoms with Crippen molar-refractivity contribution in [1.29, 1.82) is 0 Å². The van der Waals surface area contributed by atoms with Crippen LogP contribution in [-0.4, -0.2) is 42.4 Å². The van der Waals surface area contributed by atoms with Crippen LogP contribution < -0.4 is 11.1 Å². The number of thioether (sulfide) groups is 1. The second kappa shape index (κ2) is 7.62. The molecule has 6 heteroatoms. The number of nitrogens with one attached hydrogen (secondary N) is 1. The van der Waals surface area contributed by atoms with E-state index in [1.54, 1.807) is 30.0 Å². The highest BCUT2D eigenvalue weighted by atomic mass is 35.5. The van der Waals surface area contributed by atoms with E-state index in [2.05, 4.69) is 18.5 Å². The van der Waals surface area contributed by atoms with Gasteiger partial charge >= 0.3 is 0 Å². The predicted octanol–water partition coefficient (Wildman–Crippen LogP) is 2.54. The minimum atomic E-state index is -0.0931. The summed E-state index contributed by atoms with van der Waals surface area (Å²) in [7, 11) is 1.93. The molecule has 0 fully saturated rings. The largest absolute Gasteiger partial charge is 0.397 e. The minimum absolute atomic E-state index is 0.0931. The summed E-state index contributed by atoms with van der Waals surface area (Å²) in [4.78, 5) is 13.9. The van der Waals surface area contributed by atoms with Gasteiger partial charge < -0.3 is 11.1 Å². The van der Waals surface area contributed by atoms with Crippen molar-refractivity contribution in [3.8, 4) is 0 Å². The highest BCUT2D eigenvalue weighted by Gasteiger charge is 2.13. The zero-order valence-electron chi connectivity index (χ0n) is 11.4. The molecule has 0 spiro atoms. The van der Waals surface area contributed by atoms with Crippen LogP contribution >= 0.6 is 23.4 Å². The summed E-state index contributed by atoms with van der Waals surface area (Å²) in [6.07, 6.45) is 2.05. The van der Waals surface area contributed by atoms with Crippen molar-refractivity contribution in [3.63, 3.8) is 0 Å². The number of amides is 1. The molecule has 0 bridgehead atoms. The van der Waals surface area contributed by atoms with Gasteiger partial charge in [0.2, 0.25) is 5.91 Å². The third-order valence-electron chi connectivity index (χ3n) is 2.84. The fraction of sp³-hybridized carbons (Fsp3) is 0.462. The normalized spacial score (nSPS) is 12.5. The van der Waals surface area contributed by atoms with Gasteiger partial charge in [0, 0.05) is 16.8 Å². The molecule has 106 valence electrons. The van der Waals surface area contributed by atoms with E-state index in [0.29, 0.717) is 29.0 Å². The van der Waals surface area contributed by atoms with Gasteiger partial charge in [-0.15, -0.1) is 0 Å². The molecule has 0 aliphatic heterocycles. The van der Waals surface area contributed by atoms with Crippen molar-refractivity contribution in [1.82, 2.24) is 4.90 Å². The topological polar surface area (TPSA) is 58.4 Å². The van der Waals surface area contributed by atoms with Gasteiger partial charge in [-0.2, -0.15) is 11.8 Å². The molecule has 19 heavy (non-hydrogen) atoms. The Morgan fingerprint density at radius 1 is 1.58 bits per heavy atom. The van der Waals surface area contributed by atoms with E-state index >= 15 is 0 Å². The molecule has 1 aromatic rings. The molecule has 1 atom stereocenters. The average Bonchev–Trinajstić information content (AvgIpc) is 2.34. The van der Waals surface area contributed by atoms with E-state index in [1.165, 1.54) is 0 Å². The molecule has 0 heterocycles.